The van der Waals surface area contributed by atoms with Crippen LogP contribution < -0.4 is 0 Å². The van der Waals surface area contributed by atoms with Crippen molar-refractivity contribution in [3.8, 4) is 11.8 Å². The predicted octanol–water partition coefficient (Wildman–Crippen LogP) is 3.73. The van der Waals surface area contributed by atoms with Gasteiger partial charge in [-0.2, -0.15) is 9.94 Å². The maximum atomic E-state index is 9.19. The molecule has 1 aromatic heterocycles. The topological polar surface area (TPSA) is 70.6 Å². The lowest BCUT2D eigenvalue weighted by Crippen LogP contribution is -2.41. The summed E-state index contributed by atoms with van der Waals surface area (Å²) in [6.45, 7) is 5.14. The molecular weight excluding hydrogens is 336 g/mol. The van der Waals surface area contributed by atoms with Crippen molar-refractivity contribution >= 4 is 11.6 Å². The van der Waals surface area contributed by atoms with E-state index < -0.39 is 0 Å². The molecule has 1 aliphatic rings. The molecule has 0 aliphatic heterocycles. The van der Waals surface area contributed by atoms with E-state index in [2.05, 4.69) is 40.3 Å². The number of nitrogens with zero attached hydrogens (tertiary/aromatic N) is 6. The van der Waals surface area contributed by atoms with E-state index in [0.29, 0.717) is 29.2 Å². The summed E-state index contributed by atoms with van der Waals surface area (Å²) in [7, 11) is 0. The van der Waals surface area contributed by atoms with Crippen LogP contribution in [-0.4, -0.2) is 37.2 Å². The lowest BCUT2D eigenvalue weighted by molar-refractivity contribution is 0.108. The third-order valence-electron chi connectivity index (χ3n) is 4.88. The zero-order valence-corrected chi connectivity index (χ0v) is 15.4. The van der Waals surface area contributed by atoms with Gasteiger partial charge in [0.25, 0.3) is 0 Å². The third kappa shape index (κ3) is 4.00. The van der Waals surface area contributed by atoms with Crippen LogP contribution in [0.25, 0.3) is 5.69 Å². The van der Waals surface area contributed by atoms with Gasteiger partial charge in [0.1, 0.15) is 6.07 Å². The van der Waals surface area contributed by atoms with Gasteiger partial charge in [0.15, 0.2) is 5.82 Å². The van der Waals surface area contributed by atoms with E-state index in [1.54, 1.807) is 16.8 Å². The Hall–Kier alpha value is -1.97. The minimum atomic E-state index is 0.424. The third-order valence-corrected chi connectivity index (χ3v) is 5.21. The van der Waals surface area contributed by atoms with Gasteiger partial charge < -0.3 is 0 Å². The van der Waals surface area contributed by atoms with Crippen LogP contribution in [0.2, 0.25) is 5.02 Å². The average molecular weight is 359 g/mol. The normalized spacial score (nSPS) is 15.7. The molecule has 0 atom stereocenters. The second-order valence-corrected chi connectivity index (χ2v) is 7.25. The number of tetrazole rings is 1. The summed E-state index contributed by atoms with van der Waals surface area (Å²) >= 11 is 6.03. The molecule has 0 unspecified atom stereocenters. The fraction of sp³-hybridized carbons (Fsp3) is 0.556. The molecule has 0 N–H and O–H groups in total. The van der Waals surface area contributed by atoms with Crippen molar-refractivity contribution in [2.45, 2.75) is 64.6 Å². The van der Waals surface area contributed by atoms with Crippen molar-refractivity contribution in [2.75, 3.05) is 0 Å². The van der Waals surface area contributed by atoms with Crippen molar-refractivity contribution in [1.82, 2.24) is 25.1 Å². The molecular formula is C18H23ClN6. The Labute approximate surface area is 153 Å². The summed E-state index contributed by atoms with van der Waals surface area (Å²) in [5.74, 6) is 0.783. The highest BCUT2D eigenvalue weighted by Gasteiger charge is 2.25. The van der Waals surface area contributed by atoms with E-state index in [4.69, 9.17) is 11.6 Å². The van der Waals surface area contributed by atoms with Gasteiger partial charge in [-0.25, -0.2) is 0 Å². The smallest absolute Gasteiger partial charge is 0.170 e. The molecule has 25 heavy (non-hydrogen) atoms. The molecule has 6 nitrogen and oxygen atoms in total. The van der Waals surface area contributed by atoms with Gasteiger partial charge in [-0.3, -0.25) is 4.90 Å². The van der Waals surface area contributed by atoms with Gasteiger partial charge in [0.2, 0.25) is 0 Å². The van der Waals surface area contributed by atoms with Crippen molar-refractivity contribution in [3.05, 3.63) is 34.6 Å². The fourth-order valence-electron chi connectivity index (χ4n) is 3.54. The lowest BCUT2D eigenvalue weighted by atomic mass is 9.93. The van der Waals surface area contributed by atoms with E-state index in [1.165, 1.54) is 32.1 Å². The van der Waals surface area contributed by atoms with Crippen molar-refractivity contribution in [2.24, 2.45) is 0 Å². The molecule has 0 amide bonds. The average Bonchev–Trinajstić information content (AvgIpc) is 3.09. The highest BCUT2D eigenvalue weighted by atomic mass is 35.5. The number of hydrogen-bond donors (Lipinski definition) is 0. The van der Waals surface area contributed by atoms with Crippen molar-refractivity contribution in [3.63, 3.8) is 0 Å². The van der Waals surface area contributed by atoms with Crippen LogP contribution in [0.1, 0.15) is 57.3 Å². The van der Waals surface area contributed by atoms with E-state index >= 15 is 0 Å². The molecule has 0 bridgehead atoms. The van der Waals surface area contributed by atoms with E-state index in [0.717, 1.165) is 11.5 Å². The van der Waals surface area contributed by atoms with Crippen LogP contribution in [0.4, 0.5) is 0 Å². The molecule has 3 rings (SSSR count). The monoisotopic (exact) mass is 358 g/mol. The summed E-state index contributed by atoms with van der Waals surface area (Å²) in [6.07, 6.45) is 6.39. The fourth-order valence-corrected chi connectivity index (χ4v) is 3.70. The summed E-state index contributed by atoms with van der Waals surface area (Å²) in [4.78, 5) is 2.49. The molecule has 0 saturated heterocycles. The van der Waals surface area contributed by atoms with Crippen molar-refractivity contribution in [1.29, 1.82) is 5.26 Å². The van der Waals surface area contributed by atoms with Gasteiger partial charge in [0.05, 0.1) is 22.8 Å². The Morgan fingerprint density at radius 1 is 1.32 bits per heavy atom. The maximum absolute atomic E-state index is 9.19. The SMILES string of the molecule is CC(C)N(Cc1nnnn1-c1ccc(Cl)c(C#N)c1)C1CCCCC1. The Balaban J connectivity index is 1.86. The molecule has 0 spiro atoms. The van der Waals surface area contributed by atoms with E-state index in [9.17, 15) is 5.26 Å². The Morgan fingerprint density at radius 3 is 2.76 bits per heavy atom. The first-order valence-corrected chi connectivity index (χ1v) is 9.21. The predicted molar refractivity (Wildman–Crippen MR) is 96.4 cm³/mol. The molecule has 0 radical (unpaired) electrons. The van der Waals surface area contributed by atoms with Crippen LogP contribution in [0.15, 0.2) is 18.2 Å². The Bertz CT molecular complexity index is 757. The van der Waals surface area contributed by atoms with Crippen LogP contribution >= 0.6 is 11.6 Å². The summed E-state index contributed by atoms with van der Waals surface area (Å²) in [6, 6.07) is 8.38. The van der Waals surface area contributed by atoms with Crippen molar-refractivity contribution < 1.29 is 0 Å². The molecule has 2 aromatic rings. The molecule has 132 valence electrons. The van der Waals surface area contributed by atoms with E-state index in [-0.39, 0.29) is 0 Å². The number of benzene rings is 1. The highest BCUT2D eigenvalue weighted by Crippen LogP contribution is 2.26. The Morgan fingerprint density at radius 2 is 2.08 bits per heavy atom. The first-order valence-electron chi connectivity index (χ1n) is 8.83. The first-order chi connectivity index (χ1) is 12.1. The van der Waals surface area contributed by atoms with Gasteiger partial charge >= 0.3 is 0 Å². The summed E-state index contributed by atoms with van der Waals surface area (Å²) < 4.78 is 1.70. The number of nitriles is 1. The largest absolute Gasteiger partial charge is 0.290 e. The van der Waals surface area contributed by atoms with E-state index in [1.807, 2.05) is 6.07 Å². The second kappa shape index (κ2) is 7.94. The number of rotatable bonds is 5. The zero-order chi connectivity index (χ0) is 17.8. The van der Waals surface area contributed by atoms with Crippen LogP contribution in [0.5, 0.6) is 0 Å². The first kappa shape index (κ1) is 17.8. The Kier molecular flexibility index (Phi) is 5.67. The lowest BCUT2D eigenvalue weighted by Gasteiger charge is -2.36. The van der Waals surface area contributed by atoms with Crippen LogP contribution in [0, 0.1) is 11.3 Å². The second-order valence-electron chi connectivity index (χ2n) is 6.84. The summed E-state index contributed by atoms with van der Waals surface area (Å²) in [5.41, 5.74) is 1.18. The van der Waals surface area contributed by atoms with Crippen LogP contribution in [0.3, 0.4) is 0 Å². The quantitative estimate of drug-likeness (QED) is 0.814. The maximum Gasteiger partial charge on any atom is 0.170 e. The van der Waals surface area contributed by atoms with Gasteiger partial charge in [0, 0.05) is 12.1 Å². The van der Waals surface area contributed by atoms with Gasteiger partial charge in [-0.05, 0) is 55.3 Å². The molecule has 1 heterocycles. The molecule has 1 aliphatic carbocycles. The number of aromatic nitrogens is 4. The molecule has 1 saturated carbocycles. The summed E-state index contributed by atoms with van der Waals surface area (Å²) in [5, 5.41) is 21.8. The van der Waals surface area contributed by atoms with Gasteiger partial charge in [-0.1, -0.05) is 30.9 Å². The zero-order valence-electron chi connectivity index (χ0n) is 14.7. The minimum Gasteiger partial charge on any atom is -0.290 e. The van der Waals surface area contributed by atoms with Crippen LogP contribution in [-0.2, 0) is 6.54 Å². The minimum absolute atomic E-state index is 0.424. The highest BCUT2D eigenvalue weighted by molar-refractivity contribution is 6.31. The van der Waals surface area contributed by atoms with Gasteiger partial charge in [-0.15, -0.1) is 5.10 Å². The molecule has 7 heteroatoms. The molecule has 1 fully saturated rings. The number of halogens is 1. The molecule has 1 aromatic carbocycles. The standard InChI is InChI=1S/C18H23ClN6/c1-13(2)24(15-6-4-3-5-7-15)12-18-21-22-23-25(18)16-8-9-17(19)14(10-16)11-20/h8-10,13,15H,3-7,12H2,1-2H3. The number of hydrogen-bond acceptors (Lipinski definition) is 5.